The number of hydrazone groups is 1. The molecule has 1 N–H and O–H groups in total. The normalized spacial score (nSPS) is 15.3. The second-order valence-corrected chi connectivity index (χ2v) is 3.73. The van der Waals surface area contributed by atoms with Crippen molar-refractivity contribution in [1.29, 1.82) is 0 Å². The fourth-order valence-corrected chi connectivity index (χ4v) is 1.70. The third kappa shape index (κ3) is 2.17. The minimum absolute atomic E-state index is 0.0273. The molecule has 0 aliphatic carbocycles. The summed E-state index contributed by atoms with van der Waals surface area (Å²) < 4.78 is 5.13. The monoisotopic (exact) mass is 248 g/mol. The third-order valence-corrected chi connectivity index (χ3v) is 2.59. The molecule has 2 rings (SSSR count). The maximum absolute atomic E-state index is 11.8. The summed E-state index contributed by atoms with van der Waals surface area (Å²) in [6, 6.07) is 6.84. The van der Waals surface area contributed by atoms with Gasteiger partial charge in [-0.3, -0.25) is 4.79 Å². The summed E-state index contributed by atoms with van der Waals surface area (Å²) >= 11 is 0. The minimum Gasteiger partial charge on any atom is -0.494 e. The molecule has 1 heterocycles. The van der Waals surface area contributed by atoms with Gasteiger partial charge in [-0.15, -0.1) is 0 Å². The zero-order chi connectivity index (χ0) is 13.1. The van der Waals surface area contributed by atoms with Crippen LogP contribution in [0.1, 0.15) is 12.8 Å². The Morgan fingerprint density at radius 2 is 2.11 bits per heavy atom. The first kappa shape index (κ1) is 12.1. The van der Waals surface area contributed by atoms with Crippen molar-refractivity contribution < 1.29 is 19.4 Å². The Balaban J connectivity index is 2.44. The zero-order valence-corrected chi connectivity index (χ0v) is 9.79. The molecule has 1 aliphatic rings. The topological polar surface area (TPSA) is 79.2 Å². The molecule has 0 radical (unpaired) electrons. The number of rotatable bonds is 3. The third-order valence-electron chi connectivity index (χ3n) is 2.59. The average molecular weight is 248 g/mol. The lowest BCUT2D eigenvalue weighted by atomic mass is 10.1. The van der Waals surface area contributed by atoms with E-state index in [9.17, 15) is 9.59 Å². The van der Waals surface area contributed by atoms with Crippen molar-refractivity contribution in [3.05, 3.63) is 24.3 Å². The summed E-state index contributed by atoms with van der Waals surface area (Å²) in [4.78, 5) is 22.7. The Morgan fingerprint density at radius 1 is 1.39 bits per heavy atom. The molecular formula is C12H12N2O4. The molecule has 0 saturated carbocycles. The molecule has 0 atom stereocenters. The van der Waals surface area contributed by atoms with E-state index in [-0.39, 0.29) is 24.5 Å². The van der Waals surface area contributed by atoms with Gasteiger partial charge in [0.15, 0.2) is 0 Å². The van der Waals surface area contributed by atoms with Crippen molar-refractivity contribution in [2.75, 3.05) is 12.1 Å². The molecule has 0 fully saturated rings. The van der Waals surface area contributed by atoms with Crippen LogP contribution >= 0.6 is 0 Å². The highest BCUT2D eigenvalue weighted by atomic mass is 16.5. The number of ether oxygens (including phenoxy) is 1. The quantitative estimate of drug-likeness (QED) is 0.873. The highest BCUT2D eigenvalue weighted by Crippen LogP contribution is 2.30. The van der Waals surface area contributed by atoms with E-state index >= 15 is 0 Å². The highest BCUT2D eigenvalue weighted by Gasteiger charge is 2.26. The van der Waals surface area contributed by atoms with E-state index in [0.717, 1.165) is 5.01 Å². The van der Waals surface area contributed by atoms with Crippen LogP contribution in [0, 0.1) is 0 Å². The van der Waals surface area contributed by atoms with E-state index in [4.69, 9.17) is 9.84 Å². The molecular weight excluding hydrogens is 236 g/mol. The number of carboxylic acids is 1. The Hall–Kier alpha value is -2.37. The molecule has 0 aromatic heterocycles. The first-order valence-electron chi connectivity index (χ1n) is 5.40. The summed E-state index contributed by atoms with van der Waals surface area (Å²) in [5.74, 6) is -0.881. The molecule has 1 aromatic rings. The maximum atomic E-state index is 11.8. The predicted molar refractivity (Wildman–Crippen MR) is 64.8 cm³/mol. The van der Waals surface area contributed by atoms with Crippen molar-refractivity contribution in [2.45, 2.75) is 12.8 Å². The van der Waals surface area contributed by atoms with Crippen LogP contribution < -0.4 is 9.75 Å². The van der Waals surface area contributed by atoms with Crippen LogP contribution in [0.2, 0.25) is 0 Å². The fourth-order valence-electron chi connectivity index (χ4n) is 1.70. The van der Waals surface area contributed by atoms with Crippen LogP contribution in [0.15, 0.2) is 29.4 Å². The number of para-hydroxylation sites is 2. The number of anilines is 1. The first-order chi connectivity index (χ1) is 8.63. The van der Waals surface area contributed by atoms with E-state index in [0.29, 0.717) is 11.4 Å². The number of amides is 1. The van der Waals surface area contributed by atoms with Crippen molar-refractivity contribution in [3.63, 3.8) is 0 Å². The molecule has 0 unspecified atom stereocenters. The van der Waals surface area contributed by atoms with Crippen LogP contribution in [0.3, 0.4) is 0 Å². The van der Waals surface area contributed by atoms with Crippen LogP contribution in [0.4, 0.5) is 5.69 Å². The van der Waals surface area contributed by atoms with Crippen LogP contribution in [0.25, 0.3) is 0 Å². The second kappa shape index (κ2) is 4.87. The largest absolute Gasteiger partial charge is 0.494 e. The first-order valence-corrected chi connectivity index (χ1v) is 5.40. The van der Waals surface area contributed by atoms with Gasteiger partial charge in [0.2, 0.25) is 5.91 Å². The van der Waals surface area contributed by atoms with E-state index in [2.05, 4.69) is 5.10 Å². The van der Waals surface area contributed by atoms with Gasteiger partial charge in [-0.25, -0.2) is 4.79 Å². The number of aliphatic carboxylic acids is 1. The van der Waals surface area contributed by atoms with Crippen LogP contribution in [0.5, 0.6) is 5.75 Å². The van der Waals surface area contributed by atoms with Crippen molar-refractivity contribution in [3.8, 4) is 5.75 Å². The molecule has 0 saturated heterocycles. The molecule has 6 heteroatoms. The fraction of sp³-hybridized carbons (Fsp3) is 0.250. The summed E-state index contributed by atoms with van der Waals surface area (Å²) in [6.07, 6.45) is 0.281. The zero-order valence-electron chi connectivity index (χ0n) is 9.79. The Morgan fingerprint density at radius 3 is 2.78 bits per heavy atom. The molecule has 1 aromatic carbocycles. The molecule has 1 aliphatic heterocycles. The number of hydrogen-bond donors (Lipinski definition) is 1. The van der Waals surface area contributed by atoms with Crippen LogP contribution in [-0.4, -0.2) is 29.8 Å². The summed E-state index contributed by atoms with van der Waals surface area (Å²) in [5.41, 5.74) is 0.420. The van der Waals surface area contributed by atoms with Crippen LogP contribution in [-0.2, 0) is 9.59 Å². The Bertz CT molecular complexity index is 525. The van der Waals surface area contributed by atoms with E-state index in [1.54, 1.807) is 24.3 Å². The van der Waals surface area contributed by atoms with E-state index < -0.39 is 5.97 Å². The SMILES string of the molecule is COc1ccccc1N1N=C(C(=O)O)CCC1=O. The average Bonchev–Trinajstić information content (AvgIpc) is 2.39. The lowest BCUT2D eigenvalue weighted by Gasteiger charge is -2.23. The summed E-state index contributed by atoms with van der Waals surface area (Å²) in [5, 5.41) is 13.9. The number of carbonyl (C=O) groups is 2. The number of methoxy groups -OCH3 is 1. The van der Waals surface area contributed by atoms with Crippen molar-refractivity contribution >= 4 is 23.3 Å². The van der Waals surface area contributed by atoms with E-state index in [1.807, 2.05) is 0 Å². The second-order valence-electron chi connectivity index (χ2n) is 3.73. The van der Waals surface area contributed by atoms with Gasteiger partial charge in [-0.2, -0.15) is 10.1 Å². The van der Waals surface area contributed by atoms with E-state index in [1.165, 1.54) is 7.11 Å². The molecule has 1 amide bonds. The Labute approximate surface area is 103 Å². The van der Waals surface area contributed by atoms with Crippen molar-refractivity contribution in [2.24, 2.45) is 5.10 Å². The van der Waals surface area contributed by atoms with Crippen molar-refractivity contribution in [1.82, 2.24) is 0 Å². The lowest BCUT2D eigenvalue weighted by molar-refractivity contribution is -0.129. The van der Waals surface area contributed by atoms with Gasteiger partial charge < -0.3 is 9.84 Å². The van der Waals surface area contributed by atoms with Gasteiger partial charge in [0, 0.05) is 12.8 Å². The number of hydrogen-bond acceptors (Lipinski definition) is 4. The summed E-state index contributed by atoms with van der Waals surface area (Å²) in [7, 11) is 1.48. The molecule has 94 valence electrons. The molecule has 0 bridgehead atoms. The predicted octanol–water partition coefficient (Wildman–Crippen LogP) is 1.26. The number of carboxylic acid groups (broad SMARTS) is 1. The standard InChI is InChI=1S/C12H12N2O4/c1-18-10-5-3-2-4-9(10)14-11(15)7-6-8(13-14)12(16)17/h2-5H,6-7H2,1H3,(H,16,17). The summed E-state index contributed by atoms with van der Waals surface area (Å²) in [6.45, 7) is 0. The number of benzene rings is 1. The van der Waals surface area contributed by atoms with Gasteiger partial charge in [0.25, 0.3) is 0 Å². The van der Waals surface area contributed by atoms with Gasteiger partial charge in [0.1, 0.15) is 17.1 Å². The lowest BCUT2D eigenvalue weighted by Crippen LogP contribution is -2.34. The highest BCUT2D eigenvalue weighted by molar-refractivity contribution is 6.37. The molecule has 18 heavy (non-hydrogen) atoms. The minimum atomic E-state index is -1.11. The molecule has 6 nitrogen and oxygen atoms in total. The van der Waals surface area contributed by atoms with Gasteiger partial charge in [-0.05, 0) is 12.1 Å². The van der Waals surface area contributed by atoms with Gasteiger partial charge in [-0.1, -0.05) is 12.1 Å². The van der Waals surface area contributed by atoms with Gasteiger partial charge in [0.05, 0.1) is 7.11 Å². The molecule has 0 spiro atoms. The smallest absolute Gasteiger partial charge is 0.352 e. The van der Waals surface area contributed by atoms with Gasteiger partial charge >= 0.3 is 5.97 Å². The number of carbonyl (C=O) groups excluding carboxylic acids is 1. The maximum Gasteiger partial charge on any atom is 0.352 e. The number of nitrogens with zero attached hydrogens (tertiary/aromatic N) is 2. The Kier molecular flexibility index (Phi) is 3.27.